The second kappa shape index (κ2) is 3.29. The van der Waals surface area contributed by atoms with E-state index in [0.29, 0.717) is 0 Å². The van der Waals surface area contributed by atoms with Gasteiger partial charge in [0.1, 0.15) is 0 Å². The molecule has 0 aromatic rings. The van der Waals surface area contributed by atoms with Gasteiger partial charge in [-0.2, -0.15) is 0 Å². The highest BCUT2D eigenvalue weighted by molar-refractivity contribution is 5.12. The summed E-state index contributed by atoms with van der Waals surface area (Å²) < 4.78 is 0. The molecular formula is C9H12. The predicted octanol–water partition coefficient (Wildman–Crippen LogP) is 2.84. The molecule has 0 unspecified atom stereocenters. The van der Waals surface area contributed by atoms with Crippen LogP contribution in [0.25, 0.3) is 0 Å². The summed E-state index contributed by atoms with van der Waals surface area (Å²) in [6, 6.07) is 0. The van der Waals surface area contributed by atoms with E-state index in [1.165, 1.54) is 5.57 Å². The van der Waals surface area contributed by atoms with Gasteiger partial charge in [0.2, 0.25) is 0 Å². The van der Waals surface area contributed by atoms with Crippen LogP contribution in [-0.2, 0) is 0 Å². The molecule has 1 aliphatic carbocycles. The van der Waals surface area contributed by atoms with Crippen molar-refractivity contribution in [1.29, 1.82) is 0 Å². The van der Waals surface area contributed by atoms with E-state index in [0.717, 1.165) is 19.3 Å². The molecule has 0 aliphatic heterocycles. The Bertz CT molecular complexity index is 149. The Kier molecular flexibility index (Phi) is 2.32. The molecule has 0 amide bonds. The van der Waals surface area contributed by atoms with Crippen LogP contribution in [0.3, 0.4) is 0 Å². The minimum absolute atomic E-state index is 1.06. The van der Waals surface area contributed by atoms with Gasteiger partial charge >= 0.3 is 0 Å². The summed E-state index contributed by atoms with van der Waals surface area (Å²) in [6.07, 6.45) is 11.9. The number of rotatable bonds is 0. The van der Waals surface area contributed by atoms with Crippen molar-refractivity contribution >= 4 is 0 Å². The molecule has 0 atom stereocenters. The molecule has 0 aromatic carbocycles. The SMILES string of the molecule is C=C1C/C=C\C=C/CC1. The van der Waals surface area contributed by atoms with Crippen LogP contribution in [0.1, 0.15) is 19.3 Å². The highest BCUT2D eigenvalue weighted by Crippen LogP contribution is 2.10. The predicted molar refractivity (Wildman–Crippen MR) is 41.3 cm³/mol. The summed E-state index contributed by atoms with van der Waals surface area (Å²) in [5.41, 5.74) is 1.34. The quantitative estimate of drug-likeness (QED) is 0.431. The first-order valence-electron chi connectivity index (χ1n) is 3.38. The molecular weight excluding hydrogens is 108 g/mol. The molecule has 0 radical (unpaired) electrons. The van der Waals surface area contributed by atoms with Crippen LogP contribution in [0.2, 0.25) is 0 Å². The van der Waals surface area contributed by atoms with Crippen molar-refractivity contribution in [2.45, 2.75) is 19.3 Å². The molecule has 0 heterocycles. The van der Waals surface area contributed by atoms with Gasteiger partial charge < -0.3 is 0 Å². The van der Waals surface area contributed by atoms with Gasteiger partial charge in [0.15, 0.2) is 0 Å². The minimum atomic E-state index is 1.06. The lowest BCUT2D eigenvalue weighted by molar-refractivity contribution is 0.940. The van der Waals surface area contributed by atoms with E-state index in [1.807, 2.05) is 0 Å². The van der Waals surface area contributed by atoms with E-state index in [1.54, 1.807) is 0 Å². The molecule has 1 aliphatic rings. The molecule has 0 heteroatoms. The van der Waals surface area contributed by atoms with Crippen molar-refractivity contribution in [3.8, 4) is 0 Å². The van der Waals surface area contributed by atoms with Crippen LogP contribution < -0.4 is 0 Å². The molecule has 0 saturated carbocycles. The maximum Gasteiger partial charge on any atom is -0.0138 e. The third-order valence-electron chi connectivity index (χ3n) is 1.45. The molecule has 9 heavy (non-hydrogen) atoms. The lowest BCUT2D eigenvalue weighted by atomic mass is 10.1. The van der Waals surface area contributed by atoms with Crippen molar-refractivity contribution in [2.24, 2.45) is 0 Å². The summed E-state index contributed by atoms with van der Waals surface area (Å²) in [6.45, 7) is 3.93. The van der Waals surface area contributed by atoms with Gasteiger partial charge in [-0.05, 0) is 19.3 Å². The molecule has 0 aromatic heterocycles. The zero-order valence-electron chi connectivity index (χ0n) is 5.64. The summed E-state index contributed by atoms with van der Waals surface area (Å²) in [4.78, 5) is 0. The largest absolute Gasteiger partial charge is 0.0995 e. The fourth-order valence-electron chi connectivity index (χ4n) is 0.878. The lowest BCUT2D eigenvalue weighted by Crippen LogP contribution is -1.79. The fraction of sp³-hybridized carbons (Fsp3) is 0.333. The van der Waals surface area contributed by atoms with Crippen molar-refractivity contribution in [3.63, 3.8) is 0 Å². The molecule has 0 fully saturated rings. The number of allylic oxidation sites excluding steroid dienone is 5. The maximum absolute atomic E-state index is 3.93. The Morgan fingerprint density at radius 1 is 1.22 bits per heavy atom. The van der Waals surface area contributed by atoms with Crippen LogP contribution >= 0.6 is 0 Å². The summed E-state index contributed by atoms with van der Waals surface area (Å²) in [5, 5.41) is 0. The monoisotopic (exact) mass is 120 g/mol. The van der Waals surface area contributed by atoms with E-state index in [4.69, 9.17) is 0 Å². The Morgan fingerprint density at radius 2 is 2.00 bits per heavy atom. The highest BCUT2D eigenvalue weighted by Gasteiger charge is 1.90. The number of hydrogen-bond acceptors (Lipinski definition) is 0. The van der Waals surface area contributed by atoms with E-state index >= 15 is 0 Å². The highest BCUT2D eigenvalue weighted by atomic mass is 14.0. The third-order valence-corrected chi connectivity index (χ3v) is 1.45. The second-order valence-electron chi connectivity index (χ2n) is 2.35. The second-order valence-corrected chi connectivity index (χ2v) is 2.35. The first-order valence-corrected chi connectivity index (χ1v) is 3.38. The normalized spacial score (nSPS) is 26.4. The van der Waals surface area contributed by atoms with E-state index in [9.17, 15) is 0 Å². The van der Waals surface area contributed by atoms with Crippen LogP contribution in [0.4, 0.5) is 0 Å². The van der Waals surface area contributed by atoms with Crippen molar-refractivity contribution in [3.05, 3.63) is 36.5 Å². The summed E-state index contributed by atoms with van der Waals surface area (Å²) in [7, 11) is 0. The Labute approximate surface area is 56.6 Å². The van der Waals surface area contributed by atoms with E-state index in [-0.39, 0.29) is 0 Å². The maximum atomic E-state index is 3.93. The van der Waals surface area contributed by atoms with Gasteiger partial charge in [0.05, 0.1) is 0 Å². The first-order chi connectivity index (χ1) is 4.39. The number of hydrogen-bond donors (Lipinski definition) is 0. The molecule has 0 nitrogen and oxygen atoms in total. The van der Waals surface area contributed by atoms with Crippen LogP contribution in [0, 0.1) is 0 Å². The smallest absolute Gasteiger partial charge is 0.0138 e. The molecule has 48 valence electrons. The molecule has 0 N–H and O–H groups in total. The molecule has 1 rings (SSSR count). The van der Waals surface area contributed by atoms with E-state index in [2.05, 4.69) is 30.9 Å². The van der Waals surface area contributed by atoms with Gasteiger partial charge in [0.25, 0.3) is 0 Å². The van der Waals surface area contributed by atoms with Crippen LogP contribution in [0.15, 0.2) is 36.5 Å². The fourth-order valence-corrected chi connectivity index (χ4v) is 0.878. The van der Waals surface area contributed by atoms with Crippen LogP contribution in [-0.4, -0.2) is 0 Å². The first kappa shape index (κ1) is 6.34. The third kappa shape index (κ3) is 2.31. The molecule has 0 saturated heterocycles. The zero-order valence-corrected chi connectivity index (χ0v) is 5.64. The zero-order chi connectivity index (χ0) is 6.53. The Morgan fingerprint density at radius 3 is 2.89 bits per heavy atom. The minimum Gasteiger partial charge on any atom is -0.0995 e. The average Bonchev–Trinajstić information content (AvgIpc) is 1.79. The summed E-state index contributed by atoms with van der Waals surface area (Å²) >= 11 is 0. The standard InChI is InChI=1S/C9H12/c1-9-7-5-3-2-4-6-8-9/h2-5H,1,6-8H2/b4-2-,5-3-. The molecule has 0 spiro atoms. The summed E-state index contributed by atoms with van der Waals surface area (Å²) in [5.74, 6) is 0. The van der Waals surface area contributed by atoms with Gasteiger partial charge in [0, 0.05) is 0 Å². The van der Waals surface area contributed by atoms with Gasteiger partial charge in [-0.15, -0.1) is 0 Å². The van der Waals surface area contributed by atoms with E-state index < -0.39 is 0 Å². The van der Waals surface area contributed by atoms with Crippen molar-refractivity contribution in [2.75, 3.05) is 0 Å². The topological polar surface area (TPSA) is 0 Å². The molecule has 0 bridgehead atoms. The Balaban J connectivity index is 2.50. The van der Waals surface area contributed by atoms with Gasteiger partial charge in [-0.25, -0.2) is 0 Å². The van der Waals surface area contributed by atoms with Crippen molar-refractivity contribution < 1.29 is 0 Å². The average molecular weight is 120 g/mol. The van der Waals surface area contributed by atoms with Crippen molar-refractivity contribution in [1.82, 2.24) is 0 Å². The van der Waals surface area contributed by atoms with Crippen LogP contribution in [0.5, 0.6) is 0 Å². The Hall–Kier alpha value is -0.780. The van der Waals surface area contributed by atoms with Gasteiger partial charge in [-0.1, -0.05) is 36.5 Å². The van der Waals surface area contributed by atoms with Gasteiger partial charge in [-0.3, -0.25) is 0 Å². The lowest BCUT2D eigenvalue weighted by Gasteiger charge is -1.99.